The van der Waals surface area contributed by atoms with E-state index in [0.29, 0.717) is 6.42 Å². The molecule has 0 saturated heterocycles. The number of carboxylic acid groups (broad SMARTS) is 1. The largest absolute Gasteiger partial charge is 0.481 e. The van der Waals surface area contributed by atoms with Crippen LogP contribution < -0.4 is 0 Å². The first-order valence-corrected chi connectivity index (χ1v) is 6.64. The van der Waals surface area contributed by atoms with Crippen LogP contribution in [-0.4, -0.2) is 11.1 Å². The molecule has 0 aromatic rings. The smallest absolute Gasteiger partial charge is 0.303 e. The van der Waals surface area contributed by atoms with E-state index in [1.165, 1.54) is 32.1 Å². The van der Waals surface area contributed by atoms with Gasteiger partial charge in [0.05, 0.1) is 0 Å². The minimum atomic E-state index is -0.675. The molecule has 0 atom stereocenters. The van der Waals surface area contributed by atoms with Crippen molar-refractivity contribution in [1.29, 1.82) is 0 Å². The highest BCUT2D eigenvalue weighted by atomic mass is 16.4. The van der Waals surface area contributed by atoms with Crippen LogP contribution >= 0.6 is 0 Å². The van der Waals surface area contributed by atoms with Crippen LogP contribution in [-0.2, 0) is 4.79 Å². The summed E-state index contributed by atoms with van der Waals surface area (Å²) in [7, 11) is 0. The number of hydrogen-bond donors (Lipinski definition) is 1. The van der Waals surface area contributed by atoms with Gasteiger partial charge in [-0.3, -0.25) is 4.79 Å². The molecule has 1 N–H and O–H groups in total. The average molecular weight is 226 g/mol. The lowest BCUT2D eigenvalue weighted by Gasteiger charge is -1.96. The van der Waals surface area contributed by atoms with Crippen LogP contribution in [0.15, 0.2) is 12.2 Å². The third kappa shape index (κ3) is 13.2. The lowest BCUT2D eigenvalue weighted by atomic mass is 10.1. The van der Waals surface area contributed by atoms with Gasteiger partial charge in [0.1, 0.15) is 0 Å². The molecule has 0 fully saturated rings. The Morgan fingerprint density at radius 2 is 1.50 bits per heavy atom. The van der Waals surface area contributed by atoms with Crippen LogP contribution in [0.1, 0.15) is 71.1 Å². The number of carboxylic acids is 1. The molecule has 0 rings (SSSR count). The molecule has 0 unspecified atom stereocenters. The Morgan fingerprint density at radius 1 is 0.938 bits per heavy atom. The maximum Gasteiger partial charge on any atom is 0.303 e. The van der Waals surface area contributed by atoms with E-state index in [9.17, 15) is 4.79 Å². The van der Waals surface area contributed by atoms with Gasteiger partial charge >= 0.3 is 5.97 Å². The minimum absolute atomic E-state index is 0.320. The summed E-state index contributed by atoms with van der Waals surface area (Å²) < 4.78 is 0. The van der Waals surface area contributed by atoms with Gasteiger partial charge in [-0.1, -0.05) is 44.8 Å². The first-order valence-electron chi connectivity index (χ1n) is 6.64. The van der Waals surface area contributed by atoms with E-state index < -0.39 is 5.97 Å². The fourth-order valence-electron chi connectivity index (χ4n) is 1.64. The first kappa shape index (κ1) is 15.2. The van der Waals surface area contributed by atoms with E-state index in [0.717, 1.165) is 25.7 Å². The van der Waals surface area contributed by atoms with Gasteiger partial charge in [0, 0.05) is 6.42 Å². The van der Waals surface area contributed by atoms with E-state index in [1.807, 2.05) is 0 Å². The maximum absolute atomic E-state index is 10.2. The van der Waals surface area contributed by atoms with Crippen molar-refractivity contribution in [3.63, 3.8) is 0 Å². The van der Waals surface area contributed by atoms with Gasteiger partial charge in [0.15, 0.2) is 0 Å². The van der Waals surface area contributed by atoms with Gasteiger partial charge < -0.3 is 5.11 Å². The lowest BCUT2D eigenvalue weighted by molar-refractivity contribution is -0.137. The van der Waals surface area contributed by atoms with Crippen LogP contribution in [0, 0.1) is 0 Å². The molecule has 16 heavy (non-hydrogen) atoms. The third-order valence-corrected chi connectivity index (χ3v) is 2.65. The van der Waals surface area contributed by atoms with Crippen LogP contribution in [0.5, 0.6) is 0 Å². The first-order chi connectivity index (χ1) is 7.77. The molecular formula is C14H26O2. The van der Waals surface area contributed by atoms with E-state index >= 15 is 0 Å². The highest BCUT2D eigenvalue weighted by Gasteiger charge is 1.94. The van der Waals surface area contributed by atoms with Crippen molar-refractivity contribution in [2.45, 2.75) is 71.1 Å². The van der Waals surface area contributed by atoms with Crippen molar-refractivity contribution in [2.24, 2.45) is 0 Å². The second kappa shape index (κ2) is 12.3. The van der Waals surface area contributed by atoms with E-state index in [-0.39, 0.29) is 0 Å². The molecule has 2 heteroatoms. The summed E-state index contributed by atoms with van der Waals surface area (Å²) in [4.78, 5) is 10.2. The fourth-order valence-corrected chi connectivity index (χ4v) is 1.64. The summed E-state index contributed by atoms with van der Waals surface area (Å²) in [5.74, 6) is -0.675. The molecule has 0 aliphatic carbocycles. The molecular weight excluding hydrogens is 200 g/mol. The normalized spacial score (nSPS) is 11.1. The predicted molar refractivity (Wildman–Crippen MR) is 68.6 cm³/mol. The molecule has 0 heterocycles. The van der Waals surface area contributed by atoms with Crippen molar-refractivity contribution in [1.82, 2.24) is 0 Å². The molecule has 2 nitrogen and oxygen atoms in total. The zero-order chi connectivity index (χ0) is 12.1. The quantitative estimate of drug-likeness (QED) is 0.414. The van der Waals surface area contributed by atoms with E-state index in [2.05, 4.69) is 19.1 Å². The van der Waals surface area contributed by atoms with Crippen molar-refractivity contribution in [2.75, 3.05) is 0 Å². The minimum Gasteiger partial charge on any atom is -0.481 e. The average Bonchev–Trinajstić information content (AvgIpc) is 2.25. The number of hydrogen-bond acceptors (Lipinski definition) is 1. The van der Waals surface area contributed by atoms with Crippen LogP contribution in [0.25, 0.3) is 0 Å². The van der Waals surface area contributed by atoms with Crippen LogP contribution in [0.4, 0.5) is 0 Å². The topological polar surface area (TPSA) is 37.3 Å². The zero-order valence-corrected chi connectivity index (χ0v) is 10.6. The number of allylic oxidation sites excluding steroid dienone is 2. The van der Waals surface area contributed by atoms with Gasteiger partial charge in [0.25, 0.3) is 0 Å². The molecule has 0 aliphatic rings. The molecule has 0 aromatic heterocycles. The fraction of sp³-hybridized carbons (Fsp3) is 0.786. The second-order valence-electron chi connectivity index (χ2n) is 4.31. The molecule has 0 radical (unpaired) electrons. The molecule has 0 amide bonds. The third-order valence-electron chi connectivity index (χ3n) is 2.65. The molecule has 0 bridgehead atoms. The van der Waals surface area contributed by atoms with E-state index in [1.54, 1.807) is 0 Å². The number of rotatable bonds is 11. The molecule has 0 spiro atoms. The number of unbranched alkanes of at least 4 members (excludes halogenated alkanes) is 7. The lowest BCUT2D eigenvalue weighted by Crippen LogP contribution is -1.93. The monoisotopic (exact) mass is 226 g/mol. The van der Waals surface area contributed by atoms with Crippen LogP contribution in [0.3, 0.4) is 0 Å². The van der Waals surface area contributed by atoms with Gasteiger partial charge in [0.2, 0.25) is 0 Å². The van der Waals surface area contributed by atoms with Crippen molar-refractivity contribution >= 4 is 5.97 Å². The Bertz CT molecular complexity index is 185. The molecule has 0 aliphatic heterocycles. The van der Waals surface area contributed by atoms with E-state index in [4.69, 9.17) is 5.11 Å². The number of carbonyl (C=O) groups is 1. The Hall–Kier alpha value is -0.790. The number of aliphatic carboxylic acids is 1. The Kier molecular flexibility index (Phi) is 11.7. The molecule has 94 valence electrons. The predicted octanol–water partition coefficient (Wildman–Crippen LogP) is 4.55. The SMILES string of the molecule is CCCCCC/C=C/CCCCCC(=O)O. The van der Waals surface area contributed by atoms with Crippen molar-refractivity contribution < 1.29 is 9.90 Å². The van der Waals surface area contributed by atoms with Gasteiger partial charge in [-0.15, -0.1) is 0 Å². The standard InChI is InChI=1S/C14H26O2/c1-2-3-4-5-6-7-8-9-10-11-12-13-14(15)16/h7-8H,2-6,9-13H2,1H3,(H,15,16)/b8-7+. The Labute approximate surface area is 99.7 Å². The van der Waals surface area contributed by atoms with Crippen LogP contribution in [0.2, 0.25) is 0 Å². The summed E-state index contributed by atoms with van der Waals surface area (Å²) in [6.45, 7) is 2.23. The second-order valence-corrected chi connectivity index (χ2v) is 4.31. The summed E-state index contributed by atoms with van der Waals surface area (Å²) in [6, 6.07) is 0. The van der Waals surface area contributed by atoms with Crippen molar-refractivity contribution in [3.8, 4) is 0 Å². The molecule has 0 aromatic carbocycles. The highest BCUT2D eigenvalue weighted by Crippen LogP contribution is 2.06. The summed E-state index contributed by atoms with van der Waals surface area (Å²) >= 11 is 0. The summed E-state index contributed by atoms with van der Waals surface area (Å²) in [6.07, 6.45) is 15.4. The zero-order valence-electron chi connectivity index (χ0n) is 10.6. The summed E-state index contributed by atoms with van der Waals surface area (Å²) in [5.41, 5.74) is 0. The highest BCUT2D eigenvalue weighted by molar-refractivity contribution is 5.66. The van der Waals surface area contributed by atoms with Gasteiger partial charge in [-0.2, -0.15) is 0 Å². The molecule has 0 saturated carbocycles. The van der Waals surface area contributed by atoms with Gasteiger partial charge in [-0.25, -0.2) is 0 Å². The maximum atomic E-state index is 10.2. The summed E-state index contributed by atoms with van der Waals surface area (Å²) in [5, 5.41) is 8.44. The Balaban J connectivity index is 3.06. The van der Waals surface area contributed by atoms with Gasteiger partial charge in [-0.05, 0) is 32.1 Å². The van der Waals surface area contributed by atoms with Crippen molar-refractivity contribution in [3.05, 3.63) is 12.2 Å². The Morgan fingerprint density at radius 3 is 2.00 bits per heavy atom.